The minimum absolute atomic E-state index is 0.0596. The summed E-state index contributed by atoms with van der Waals surface area (Å²) in [5.41, 5.74) is 9.19. The van der Waals surface area contributed by atoms with E-state index in [1.807, 2.05) is 18.2 Å². The van der Waals surface area contributed by atoms with Crippen molar-refractivity contribution in [2.45, 2.75) is 48.3 Å². The Labute approximate surface area is 264 Å². The Morgan fingerprint density at radius 2 is 1.67 bits per heavy atom. The molecule has 0 saturated carbocycles. The maximum absolute atomic E-state index is 15.1. The molecule has 3 N–H and O–H groups in total. The molecule has 1 aliphatic rings. The van der Waals surface area contributed by atoms with E-state index in [1.54, 1.807) is 42.1 Å². The van der Waals surface area contributed by atoms with E-state index in [1.165, 1.54) is 30.5 Å². The first-order chi connectivity index (χ1) is 21.8. The summed E-state index contributed by atoms with van der Waals surface area (Å²) in [6, 6.07) is 19.9. The number of aromatic nitrogens is 1. The predicted octanol–water partition coefficient (Wildman–Crippen LogP) is 5.72. The quantitative estimate of drug-likeness (QED) is 0.193. The number of Topliss-reactive ketones (excluding diaryl/α,β-unsaturated/α-hetero) is 1. The second-order valence-electron chi connectivity index (χ2n) is 11.0. The van der Waals surface area contributed by atoms with Crippen LogP contribution in [0, 0.1) is 28.8 Å². The molecule has 0 radical (unpaired) electrons. The molecule has 2 heterocycles. The van der Waals surface area contributed by atoms with E-state index in [0.29, 0.717) is 59.5 Å². The number of nitrogens with one attached hydrogen (secondary N) is 1. The smallest absolute Gasteiger partial charge is 0.154 e. The molecule has 0 unspecified atom stereocenters. The van der Waals surface area contributed by atoms with Crippen LogP contribution in [-0.2, 0) is 22.4 Å². The number of ether oxygens (including phenoxy) is 1. The minimum Gasteiger partial charge on any atom is -0.371 e. The van der Waals surface area contributed by atoms with Crippen LogP contribution in [0.5, 0.6) is 0 Å². The first-order valence-electron chi connectivity index (χ1n) is 14.7. The van der Waals surface area contributed by atoms with Crippen molar-refractivity contribution in [2.75, 3.05) is 18.8 Å². The monoisotopic (exact) mass is 630 g/mol. The van der Waals surface area contributed by atoms with Gasteiger partial charge in [0.1, 0.15) is 17.5 Å². The number of morpholine rings is 1. The van der Waals surface area contributed by atoms with E-state index < -0.39 is 29.4 Å². The normalized spacial score (nSPS) is 17.2. The van der Waals surface area contributed by atoms with Crippen LogP contribution in [0.15, 0.2) is 90.1 Å². The minimum atomic E-state index is -1.06. The summed E-state index contributed by atoms with van der Waals surface area (Å²) in [5, 5.41) is 12.5. The molecular weight excluding hydrogens is 597 g/mol. The van der Waals surface area contributed by atoms with Gasteiger partial charge in [0.05, 0.1) is 36.1 Å². The number of carbonyl (C=O) groups excluding carboxylic acids is 1. The van der Waals surface area contributed by atoms with Gasteiger partial charge in [-0.15, -0.1) is 11.8 Å². The van der Waals surface area contributed by atoms with Gasteiger partial charge in [-0.1, -0.05) is 30.3 Å². The summed E-state index contributed by atoms with van der Waals surface area (Å²) < 4.78 is 48.8. The molecule has 10 heteroatoms. The number of nitrogens with two attached hydrogens (primary N) is 1. The number of thioether (sulfide) groups is 1. The summed E-state index contributed by atoms with van der Waals surface area (Å²) in [6.45, 7) is 1.31. The van der Waals surface area contributed by atoms with Gasteiger partial charge in [0.25, 0.3) is 0 Å². The summed E-state index contributed by atoms with van der Waals surface area (Å²) >= 11 is 1.62. The molecule has 1 fully saturated rings. The Balaban J connectivity index is 1.24. The fraction of sp³-hybridized carbons (Fsp3) is 0.286. The molecule has 0 bridgehead atoms. The fourth-order valence-electron chi connectivity index (χ4n) is 5.56. The van der Waals surface area contributed by atoms with Gasteiger partial charge < -0.3 is 15.8 Å². The van der Waals surface area contributed by atoms with E-state index in [2.05, 4.69) is 16.4 Å². The zero-order chi connectivity index (χ0) is 31.8. The molecule has 0 aliphatic carbocycles. The van der Waals surface area contributed by atoms with Gasteiger partial charge in [-0.3, -0.25) is 9.78 Å². The lowest BCUT2D eigenvalue weighted by molar-refractivity contribution is -0.119. The predicted molar refractivity (Wildman–Crippen MR) is 167 cm³/mol. The lowest BCUT2D eigenvalue weighted by atomic mass is 9.82. The first kappa shape index (κ1) is 32.4. The van der Waals surface area contributed by atoms with Crippen LogP contribution in [0.3, 0.4) is 0 Å². The Morgan fingerprint density at radius 3 is 2.33 bits per heavy atom. The highest BCUT2D eigenvalue weighted by Gasteiger charge is 2.29. The molecule has 3 aromatic carbocycles. The molecule has 1 aliphatic heterocycles. The van der Waals surface area contributed by atoms with Crippen LogP contribution >= 0.6 is 11.8 Å². The van der Waals surface area contributed by atoms with Gasteiger partial charge in [-0.05, 0) is 77.6 Å². The van der Waals surface area contributed by atoms with Crippen LogP contribution < -0.4 is 11.1 Å². The lowest BCUT2D eigenvalue weighted by Crippen LogP contribution is -2.46. The van der Waals surface area contributed by atoms with E-state index in [9.17, 15) is 13.6 Å². The maximum atomic E-state index is 15.1. The van der Waals surface area contributed by atoms with Crippen LogP contribution in [0.2, 0.25) is 0 Å². The summed E-state index contributed by atoms with van der Waals surface area (Å²) in [7, 11) is 0. The van der Waals surface area contributed by atoms with E-state index in [0.717, 1.165) is 11.1 Å². The number of halogens is 3. The topological polar surface area (TPSA) is 101 Å². The van der Waals surface area contributed by atoms with Gasteiger partial charge in [-0.25, -0.2) is 13.2 Å². The number of rotatable bonds is 12. The second-order valence-corrected chi connectivity index (χ2v) is 12.1. The zero-order valence-electron chi connectivity index (χ0n) is 24.5. The average Bonchev–Trinajstić information content (AvgIpc) is 3.05. The standard InChI is InChI=1S/C35H33F3N4O2S/c36-26-8-4-23(5-9-26)34(24-6-10-27(37)11-7-24)35(40)33(43)15-25-17-41-20-32(38)31(25)13-12-28-18-42-19-29(44-28)21-45-30-3-1-2-22(14-30)16-39/h1-11,14,17,20,28-29,34-35,42H,12-13,15,18-19,21,40H2/t28-,29+,35-/m1/s1. The molecule has 45 heavy (non-hydrogen) atoms. The van der Waals surface area contributed by atoms with Crippen molar-refractivity contribution in [1.82, 2.24) is 10.3 Å². The Hall–Kier alpha value is -4.01. The Bertz CT molecular complexity index is 1600. The van der Waals surface area contributed by atoms with E-state index in [4.69, 9.17) is 15.7 Å². The highest BCUT2D eigenvalue weighted by atomic mass is 32.2. The highest BCUT2D eigenvalue weighted by molar-refractivity contribution is 7.99. The van der Waals surface area contributed by atoms with Gasteiger partial charge >= 0.3 is 0 Å². The van der Waals surface area contributed by atoms with Gasteiger partial charge in [0.2, 0.25) is 0 Å². The number of ketones is 1. The second kappa shape index (κ2) is 15.3. The van der Waals surface area contributed by atoms with Crippen LogP contribution in [0.25, 0.3) is 0 Å². The summed E-state index contributed by atoms with van der Waals surface area (Å²) in [4.78, 5) is 18.6. The zero-order valence-corrected chi connectivity index (χ0v) is 25.3. The van der Waals surface area contributed by atoms with Crippen LogP contribution in [-0.4, -0.2) is 47.9 Å². The molecule has 3 atom stereocenters. The van der Waals surface area contributed by atoms with Crippen molar-refractivity contribution < 1.29 is 22.7 Å². The highest BCUT2D eigenvalue weighted by Crippen LogP contribution is 2.30. The summed E-state index contributed by atoms with van der Waals surface area (Å²) in [5.74, 6) is -1.68. The maximum Gasteiger partial charge on any atom is 0.154 e. The van der Waals surface area contributed by atoms with E-state index in [-0.39, 0.29) is 24.4 Å². The average molecular weight is 631 g/mol. The third kappa shape index (κ3) is 8.59. The number of pyridine rings is 1. The number of carbonyl (C=O) groups is 1. The van der Waals surface area contributed by atoms with Crippen molar-refractivity contribution in [2.24, 2.45) is 5.73 Å². The molecule has 0 spiro atoms. The third-order valence-electron chi connectivity index (χ3n) is 7.89. The Morgan fingerprint density at radius 1 is 1.00 bits per heavy atom. The number of nitriles is 1. The van der Waals surface area contributed by atoms with Gasteiger partial charge in [0.15, 0.2) is 5.78 Å². The van der Waals surface area contributed by atoms with Crippen molar-refractivity contribution in [3.8, 4) is 6.07 Å². The molecule has 4 aromatic rings. The molecule has 0 amide bonds. The van der Waals surface area contributed by atoms with Gasteiger partial charge in [-0.2, -0.15) is 5.26 Å². The molecule has 5 rings (SSSR count). The van der Waals surface area contributed by atoms with Crippen molar-refractivity contribution in [1.29, 1.82) is 5.26 Å². The molecule has 6 nitrogen and oxygen atoms in total. The van der Waals surface area contributed by atoms with E-state index >= 15 is 4.39 Å². The molecule has 1 aromatic heterocycles. The largest absolute Gasteiger partial charge is 0.371 e. The number of hydrogen-bond acceptors (Lipinski definition) is 7. The number of nitrogens with zero attached hydrogens (tertiary/aromatic N) is 2. The summed E-state index contributed by atoms with van der Waals surface area (Å²) in [6.07, 6.45) is 3.12. The van der Waals surface area contributed by atoms with Crippen molar-refractivity contribution in [3.63, 3.8) is 0 Å². The van der Waals surface area contributed by atoms with Crippen molar-refractivity contribution >= 4 is 17.5 Å². The van der Waals surface area contributed by atoms with Crippen molar-refractivity contribution in [3.05, 3.63) is 130 Å². The SMILES string of the molecule is N#Cc1cccc(SC[C@@H]2CNC[C@@H](CCc3c(F)cncc3CC(=O)[C@@H](N)C(c3ccc(F)cc3)c3ccc(F)cc3)O2)c1. The fourth-order valence-corrected chi connectivity index (χ4v) is 6.52. The van der Waals surface area contributed by atoms with Crippen LogP contribution in [0.4, 0.5) is 13.2 Å². The first-order valence-corrected chi connectivity index (χ1v) is 15.7. The third-order valence-corrected chi connectivity index (χ3v) is 9.02. The molecular formula is C35H33F3N4O2S. The molecule has 232 valence electrons. The van der Waals surface area contributed by atoms with Gasteiger partial charge in [0, 0.05) is 42.3 Å². The number of hydrogen-bond donors (Lipinski definition) is 2. The van der Waals surface area contributed by atoms with Crippen LogP contribution in [0.1, 0.15) is 40.2 Å². The Kier molecular flexibility index (Phi) is 11.0. The lowest BCUT2D eigenvalue weighted by Gasteiger charge is -2.31. The molecule has 1 saturated heterocycles. The number of benzene rings is 3.